The molecular formula is C17H20N4O3. The van der Waals surface area contributed by atoms with Crippen LogP contribution in [0.15, 0.2) is 41.2 Å². The summed E-state index contributed by atoms with van der Waals surface area (Å²) in [5.41, 5.74) is 1.10. The number of hydrogen-bond donors (Lipinski definition) is 0. The number of methoxy groups -OCH3 is 1. The van der Waals surface area contributed by atoms with Gasteiger partial charge in [0.15, 0.2) is 0 Å². The number of para-hydroxylation sites is 2. The van der Waals surface area contributed by atoms with Gasteiger partial charge in [-0.3, -0.25) is 9.59 Å². The van der Waals surface area contributed by atoms with Gasteiger partial charge < -0.3 is 14.5 Å². The second-order valence-corrected chi connectivity index (χ2v) is 5.63. The van der Waals surface area contributed by atoms with Crippen LogP contribution in [0.25, 0.3) is 0 Å². The minimum Gasteiger partial charge on any atom is -0.495 e. The Hall–Kier alpha value is -2.83. The van der Waals surface area contributed by atoms with E-state index in [1.54, 1.807) is 19.1 Å². The van der Waals surface area contributed by atoms with Crippen molar-refractivity contribution in [2.24, 2.45) is 7.05 Å². The number of rotatable bonds is 3. The van der Waals surface area contributed by atoms with Crippen molar-refractivity contribution in [3.8, 4) is 5.75 Å². The lowest BCUT2D eigenvalue weighted by Gasteiger charge is -2.36. The molecule has 0 bridgehead atoms. The van der Waals surface area contributed by atoms with Crippen LogP contribution in [0.5, 0.6) is 5.75 Å². The third kappa shape index (κ3) is 3.10. The van der Waals surface area contributed by atoms with Gasteiger partial charge in [-0.25, -0.2) is 4.68 Å². The molecule has 2 heterocycles. The largest absolute Gasteiger partial charge is 0.495 e. The van der Waals surface area contributed by atoms with Crippen molar-refractivity contribution >= 4 is 11.6 Å². The lowest BCUT2D eigenvalue weighted by molar-refractivity contribution is 0.0738. The van der Waals surface area contributed by atoms with E-state index in [4.69, 9.17) is 4.74 Å². The summed E-state index contributed by atoms with van der Waals surface area (Å²) in [4.78, 5) is 27.9. The summed E-state index contributed by atoms with van der Waals surface area (Å²) in [6.45, 7) is 2.64. The molecule has 1 aromatic carbocycles. The number of piperazine rings is 1. The minimum absolute atomic E-state index is 0.148. The van der Waals surface area contributed by atoms with Crippen molar-refractivity contribution in [1.82, 2.24) is 14.7 Å². The quantitative estimate of drug-likeness (QED) is 0.832. The van der Waals surface area contributed by atoms with Crippen LogP contribution < -0.4 is 15.2 Å². The third-order valence-corrected chi connectivity index (χ3v) is 4.17. The van der Waals surface area contributed by atoms with Gasteiger partial charge in [0.25, 0.3) is 11.5 Å². The van der Waals surface area contributed by atoms with E-state index in [1.165, 1.54) is 16.8 Å². The van der Waals surface area contributed by atoms with Crippen molar-refractivity contribution in [2.45, 2.75) is 0 Å². The van der Waals surface area contributed by atoms with Gasteiger partial charge in [0, 0.05) is 39.3 Å². The maximum absolute atomic E-state index is 12.5. The zero-order chi connectivity index (χ0) is 17.1. The second kappa shape index (κ2) is 6.74. The van der Waals surface area contributed by atoms with E-state index in [0.717, 1.165) is 24.5 Å². The Morgan fingerprint density at radius 2 is 1.79 bits per heavy atom. The first-order valence-electron chi connectivity index (χ1n) is 7.82. The first-order valence-corrected chi connectivity index (χ1v) is 7.82. The maximum atomic E-state index is 12.5. The SMILES string of the molecule is COc1ccccc1N1CCN(C(=O)c2ccc(=O)n(C)n2)CC1. The summed E-state index contributed by atoms with van der Waals surface area (Å²) in [7, 11) is 3.20. The first-order chi connectivity index (χ1) is 11.6. The van der Waals surface area contributed by atoms with Crippen LogP contribution >= 0.6 is 0 Å². The zero-order valence-electron chi connectivity index (χ0n) is 13.8. The average molecular weight is 328 g/mol. The van der Waals surface area contributed by atoms with E-state index in [-0.39, 0.29) is 11.5 Å². The van der Waals surface area contributed by atoms with E-state index in [9.17, 15) is 9.59 Å². The van der Waals surface area contributed by atoms with E-state index >= 15 is 0 Å². The van der Waals surface area contributed by atoms with E-state index in [1.807, 2.05) is 24.3 Å². The summed E-state index contributed by atoms with van der Waals surface area (Å²) in [5, 5.41) is 4.03. The highest BCUT2D eigenvalue weighted by Crippen LogP contribution is 2.28. The molecule has 0 saturated carbocycles. The molecule has 0 aliphatic carbocycles. The average Bonchev–Trinajstić information content (AvgIpc) is 2.63. The molecule has 2 aromatic rings. The lowest BCUT2D eigenvalue weighted by atomic mass is 10.2. The molecule has 24 heavy (non-hydrogen) atoms. The summed E-state index contributed by atoms with van der Waals surface area (Å²) >= 11 is 0. The van der Waals surface area contributed by atoms with Crippen LogP contribution in [0.2, 0.25) is 0 Å². The molecule has 126 valence electrons. The van der Waals surface area contributed by atoms with Crippen LogP contribution in [0.3, 0.4) is 0 Å². The molecule has 3 rings (SSSR count). The van der Waals surface area contributed by atoms with Gasteiger partial charge in [0.1, 0.15) is 11.4 Å². The van der Waals surface area contributed by atoms with Gasteiger partial charge >= 0.3 is 0 Å². The molecule has 0 atom stereocenters. The maximum Gasteiger partial charge on any atom is 0.274 e. The second-order valence-electron chi connectivity index (χ2n) is 5.63. The van der Waals surface area contributed by atoms with E-state index in [2.05, 4.69) is 10.00 Å². The highest BCUT2D eigenvalue weighted by Gasteiger charge is 2.24. The normalized spacial score (nSPS) is 14.6. The van der Waals surface area contributed by atoms with Crippen LogP contribution in [-0.2, 0) is 7.05 Å². The van der Waals surface area contributed by atoms with Gasteiger partial charge in [0.05, 0.1) is 12.8 Å². The number of carbonyl (C=O) groups is 1. The Labute approximate surface area is 140 Å². The highest BCUT2D eigenvalue weighted by molar-refractivity contribution is 5.92. The zero-order valence-corrected chi connectivity index (χ0v) is 13.8. The standard InChI is InChI=1S/C17H20N4O3/c1-19-16(22)8-7-13(18-19)17(23)21-11-9-20(10-12-21)14-5-3-4-6-15(14)24-2/h3-8H,9-12H2,1-2H3. The summed E-state index contributed by atoms with van der Waals surface area (Å²) < 4.78 is 6.58. The Morgan fingerprint density at radius 1 is 1.08 bits per heavy atom. The smallest absolute Gasteiger partial charge is 0.274 e. The van der Waals surface area contributed by atoms with Crippen molar-refractivity contribution in [3.63, 3.8) is 0 Å². The molecule has 7 heteroatoms. The Kier molecular flexibility index (Phi) is 4.50. The third-order valence-electron chi connectivity index (χ3n) is 4.17. The summed E-state index contributed by atoms with van der Waals surface area (Å²) in [6.07, 6.45) is 0. The summed E-state index contributed by atoms with van der Waals surface area (Å²) in [6, 6.07) is 10.7. The number of amides is 1. The number of carbonyl (C=O) groups excluding carboxylic acids is 1. The molecule has 0 radical (unpaired) electrons. The number of aryl methyl sites for hydroxylation is 1. The fourth-order valence-electron chi connectivity index (χ4n) is 2.82. The van der Waals surface area contributed by atoms with Gasteiger partial charge in [-0.05, 0) is 18.2 Å². The molecular weight excluding hydrogens is 308 g/mol. The van der Waals surface area contributed by atoms with Crippen LogP contribution in [0.1, 0.15) is 10.5 Å². The Morgan fingerprint density at radius 3 is 2.46 bits per heavy atom. The van der Waals surface area contributed by atoms with Gasteiger partial charge in [0.2, 0.25) is 0 Å². The fourth-order valence-corrected chi connectivity index (χ4v) is 2.82. The number of hydrogen-bond acceptors (Lipinski definition) is 5. The predicted molar refractivity (Wildman–Crippen MR) is 90.6 cm³/mol. The van der Waals surface area contributed by atoms with Gasteiger partial charge in [-0.15, -0.1) is 0 Å². The Balaban J connectivity index is 1.69. The van der Waals surface area contributed by atoms with Gasteiger partial charge in [-0.2, -0.15) is 5.10 Å². The number of benzene rings is 1. The van der Waals surface area contributed by atoms with Crippen molar-refractivity contribution in [1.29, 1.82) is 0 Å². The monoisotopic (exact) mass is 328 g/mol. The van der Waals surface area contributed by atoms with Crippen LogP contribution in [-0.4, -0.2) is 53.9 Å². The van der Waals surface area contributed by atoms with E-state index in [0.29, 0.717) is 18.8 Å². The summed E-state index contributed by atoms with van der Waals surface area (Å²) in [5.74, 6) is 0.683. The van der Waals surface area contributed by atoms with Gasteiger partial charge in [-0.1, -0.05) is 12.1 Å². The van der Waals surface area contributed by atoms with E-state index < -0.39 is 0 Å². The lowest BCUT2D eigenvalue weighted by Crippen LogP contribution is -2.49. The number of nitrogens with zero attached hydrogens (tertiary/aromatic N) is 4. The van der Waals surface area contributed by atoms with Crippen molar-refractivity contribution < 1.29 is 9.53 Å². The van der Waals surface area contributed by atoms with Crippen LogP contribution in [0, 0.1) is 0 Å². The molecule has 0 spiro atoms. The number of ether oxygens (including phenoxy) is 1. The Bertz CT molecular complexity index is 794. The first kappa shape index (κ1) is 16.0. The molecule has 0 unspecified atom stereocenters. The van der Waals surface area contributed by atoms with Crippen molar-refractivity contribution in [3.05, 3.63) is 52.4 Å². The number of anilines is 1. The molecule has 1 aromatic heterocycles. The highest BCUT2D eigenvalue weighted by atomic mass is 16.5. The molecule has 1 amide bonds. The molecule has 1 saturated heterocycles. The number of aromatic nitrogens is 2. The predicted octanol–water partition coefficient (Wildman–Crippen LogP) is 0.751. The molecule has 7 nitrogen and oxygen atoms in total. The van der Waals surface area contributed by atoms with Crippen molar-refractivity contribution in [2.75, 3.05) is 38.2 Å². The molecule has 1 fully saturated rings. The molecule has 1 aliphatic heterocycles. The topological polar surface area (TPSA) is 67.7 Å². The minimum atomic E-state index is -0.229. The molecule has 1 aliphatic rings. The molecule has 0 N–H and O–H groups in total. The fraction of sp³-hybridized carbons (Fsp3) is 0.353. The van der Waals surface area contributed by atoms with Crippen LogP contribution in [0.4, 0.5) is 5.69 Å².